The highest BCUT2D eigenvalue weighted by atomic mass is 32.2. The molecule has 1 amide bonds. The minimum absolute atomic E-state index is 0.102. The van der Waals surface area contributed by atoms with Gasteiger partial charge in [-0.1, -0.05) is 24.8 Å². The maximum absolute atomic E-state index is 11.6. The van der Waals surface area contributed by atoms with Crippen LogP contribution in [-0.2, 0) is 16.1 Å². The topological polar surface area (TPSA) is 85.2 Å². The fourth-order valence-electron chi connectivity index (χ4n) is 2.79. The Balaban J connectivity index is 1.85. The van der Waals surface area contributed by atoms with Crippen LogP contribution in [0.15, 0.2) is 23.5 Å². The zero-order valence-electron chi connectivity index (χ0n) is 15.1. The third-order valence-electron chi connectivity index (χ3n) is 3.98. The number of anilines is 1. The van der Waals surface area contributed by atoms with Crippen LogP contribution in [0.4, 0.5) is 5.82 Å². The van der Waals surface area contributed by atoms with E-state index in [1.54, 1.807) is 17.8 Å². The Bertz CT molecular complexity index is 785. The first-order valence-electron chi connectivity index (χ1n) is 8.82. The Morgan fingerprint density at radius 1 is 1.38 bits per heavy atom. The number of ether oxygens (including phenoxy) is 1. The van der Waals surface area contributed by atoms with Gasteiger partial charge in [-0.05, 0) is 18.8 Å². The molecule has 1 fully saturated rings. The predicted octanol–water partition coefficient (Wildman–Crippen LogP) is 1.47. The number of aromatic nitrogens is 4. The molecule has 0 radical (unpaired) electrons. The molecule has 0 unspecified atom stereocenters. The number of rotatable bonds is 7. The SMILES string of the molecule is CC=CC(=O)NCCn1ncc2c(N3CCOCC3)nc(SCC)nc21. The molecule has 8 nitrogen and oxygen atoms in total. The van der Waals surface area contributed by atoms with E-state index >= 15 is 0 Å². The second-order valence-electron chi connectivity index (χ2n) is 5.76. The number of nitrogens with one attached hydrogen (secondary N) is 1. The van der Waals surface area contributed by atoms with Crippen LogP contribution in [0.1, 0.15) is 13.8 Å². The molecule has 1 N–H and O–H groups in total. The Hall–Kier alpha value is -2.13. The van der Waals surface area contributed by atoms with Gasteiger partial charge < -0.3 is 15.0 Å². The van der Waals surface area contributed by atoms with Crippen molar-refractivity contribution in [2.45, 2.75) is 25.5 Å². The summed E-state index contributed by atoms with van der Waals surface area (Å²) in [5.41, 5.74) is 0.803. The van der Waals surface area contributed by atoms with E-state index in [1.165, 1.54) is 6.08 Å². The van der Waals surface area contributed by atoms with E-state index in [1.807, 2.05) is 17.8 Å². The molecule has 1 aliphatic rings. The highest BCUT2D eigenvalue weighted by molar-refractivity contribution is 7.99. The number of amides is 1. The second kappa shape index (κ2) is 9.00. The van der Waals surface area contributed by atoms with E-state index in [0.717, 1.165) is 40.9 Å². The summed E-state index contributed by atoms with van der Waals surface area (Å²) in [6, 6.07) is 0. The minimum atomic E-state index is -0.102. The first kappa shape index (κ1) is 18.7. The highest BCUT2D eigenvalue weighted by Crippen LogP contribution is 2.27. The van der Waals surface area contributed by atoms with E-state index in [4.69, 9.17) is 9.72 Å². The molecular weight excluding hydrogens is 352 g/mol. The average Bonchev–Trinajstić information content (AvgIpc) is 3.05. The van der Waals surface area contributed by atoms with Crippen molar-refractivity contribution < 1.29 is 9.53 Å². The van der Waals surface area contributed by atoms with Crippen LogP contribution in [0.3, 0.4) is 0 Å². The van der Waals surface area contributed by atoms with Gasteiger partial charge in [0.05, 0.1) is 31.3 Å². The molecule has 3 heterocycles. The van der Waals surface area contributed by atoms with Gasteiger partial charge in [-0.25, -0.2) is 14.6 Å². The summed E-state index contributed by atoms with van der Waals surface area (Å²) < 4.78 is 7.28. The summed E-state index contributed by atoms with van der Waals surface area (Å²) in [5.74, 6) is 1.72. The van der Waals surface area contributed by atoms with Gasteiger partial charge in [0.2, 0.25) is 5.91 Å². The van der Waals surface area contributed by atoms with E-state index in [0.29, 0.717) is 26.3 Å². The highest BCUT2D eigenvalue weighted by Gasteiger charge is 2.20. The van der Waals surface area contributed by atoms with Gasteiger partial charge in [0.25, 0.3) is 0 Å². The minimum Gasteiger partial charge on any atom is -0.378 e. The van der Waals surface area contributed by atoms with Crippen LogP contribution in [0, 0.1) is 0 Å². The number of carbonyl (C=O) groups is 1. The lowest BCUT2D eigenvalue weighted by molar-refractivity contribution is -0.116. The van der Waals surface area contributed by atoms with E-state index < -0.39 is 0 Å². The lowest BCUT2D eigenvalue weighted by Crippen LogP contribution is -2.37. The van der Waals surface area contributed by atoms with Gasteiger partial charge in [0.1, 0.15) is 5.82 Å². The molecule has 3 rings (SSSR count). The Kier molecular flexibility index (Phi) is 6.45. The fraction of sp³-hybridized carbons (Fsp3) is 0.529. The van der Waals surface area contributed by atoms with E-state index in [9.17, 15) is 4.79 Å². The van der Waals surface area contributed by atoms with Crippen molar-refractivity contribution in [2.24, 2.45) is 0 Å². The van der Waals surface area contributed by atoms with Crippen LogP contribution in [-0.4, -0.2) is 64.3 Å². The number of carbonyl (C=O) groups excluding carboxylic acids is 1. The van der Waals surface area contributed by atoms with E-state index in [2.05, 4.69) is 27.2 Å². The summed E-state index contributed by atoms with van der Waals surface area (Å²) in [7, 11) is 0. The molecule has 0 aliphatic carbocycles. The molecule has 9 heteroatoms. The summed E-state index contributed by atoms with van der Waals surface area (Å²) in [4.78, 5) is 23.2. The molecule has 1 aliphatic heterocycles. The van der Waals surface area contributed by atoms with Gasteiger partial charge in [-0.15, -0.1) is 0 Å². The quantitative estimate of drug-likeness (QED) is 0.445. The van der Waals surface area contributed by atoms with E-state index in [-0.39, 0.29) is 5.91 Å². The van der Waals surface area contributed by atoms with Crippen molar-refractivity contribution >= 4 is 34.5 Å². The summed E-state index contributed by atoms with van der Waals surface area (Å²) in [5, 5.41) is 9.00. The molecule has 1 saturated heterocycles. The van der Waals surface area contributed by atoms with Crippen molar-refractivity contribution in [2.75, 3.05) is 43.5 Å². The van der Waals surface area contributed by atoms with Crippen molar-refractivity contribution in [3.63, 3.8) is 0 Å². The maximum Gasteiger partial charge on any atom is 0.243 e. The van der Waals surface area contributed by atoms with Crippen molar-refractivity contribution in [3.8, 4) is 0 Å². The van der Waals surface area contributed by atoms with Crippen LogP contribution in [0.25, 0.3) is 11.0 Å². The fourth-order valence-corrected chi connectivity index (χ4v) is 3.35. The molecular formula is C17H24N6O2S. The molecule has 0 atom stereocenters. The maximum atomic E-state index is 11.6. The molecule has 2 aromatic heterocycles. The van der Waals surface area contributed by atoms with Gasteiger partial charge in [0.15, 0.2) is 10.8 Å². The van der Waals surface area contributed by atoms with Crippen molar-refractivity contribution in [1.29, 1.82) is 0 Å². The number of fused-ring (bicyclic) bond motifs is 1. The summed E-state index contributed by atoms with van der Waals surface area (Å²) in [6.07, 6.45) is 5.04. The predicted molar refractivity (Wildman–Crippen MR) is 103 cm³/mol. The van der Waals surface area contributed by atoms with Crippen LogP contribution in [0.5, 0.6) is 0 Å². The lowest BCUT2D eigenvalue weighted by atomic mass is 10.3. The number of thioether (sulfide) groups is 1. The zero-order valence-corrected chi connectivity index (χ0v) is 16.0. The third-order valence-corrected chi connectivity index (χ3v) is 4.71. The Labute approximate surface area is 157 Å². The molecule has 26 heavy (non-hydrogen) atoms. The molecule has 0 bridgehead atoms. The van der Waals surface area contributed by atoms with Crippen molar-refractivity contribution in [1.82, 2.24) is 25.1 Å². The van der Waals surface area contributed by atoms with Crippen LogP contribution in [0.2, 0.25) is 0 Å². The number of nitrogens with zero attached hydrogens (tertiary/aromatic N) is 5. The molecule has 0 spiro atoms. The monoisotopic (exact) mass is 376 g/mol. The van der Waals surface area contributed by atoms with Crippen LogP contribution < -0.4 is 10.2 Å². The normalized spacial score (nSPS) is 15.1. The number of hydrogen-bond donors (Lipinski definition) is 1. The standard InChI is InChI=1S/C17H24N6O2S/c1-3-5-14(24)18-6-7-23-16-13(12-19-23)15(20-17(21-16)26-4-2)22-8-10-25-11-9-22/h3,5,12H,4,6-11H2,1-2H3,(H,18,24). The first-order chi connectivity index (χ1) is 12.7. The summed E-state index contributed by atoms with van der Waals surface area (Å²) in [6.45, 7) is 7.98. The number of allylic oxidation sites excluding steroid dienone is 1. The third kappa shape index (κ3) is 4.34. The summed E-state index contributed by atoms with van der Waals surface area (Å²) >= 11 is 1.62. The van der Waals surface area contributed by atoms with Gasteiger partial charge in [-0.2, -0.15) is 5.10 Å². The Morgan fingerprint density at radius 2 is 2.19 bits per heavy atom. The van der Waals surface area contributed by atoms with Gasteiger partial charge in [-0.3, -0.25) is 4.79 Å². The average molecular weight is 376 g/mol. The first-order valence-corrected chi connectivity index (χ1v) is 9.81. The number of hydrogen-bond acceptors (Lipinski definition) is 7. The smallest absolute Gasteiger partial charge is 0.243 e. The van der Waals surface area contributed by atoms with Crippen LogP contribution >= 0.6 is 11.8 Å². The van der Waals surface area contributed by atoms with Gasteiger partial charge >= 0.3 is 0 Å². The molecule has 2 aromatic rings. The second-order valence-corrected chi connectivity index (χ2v) is 6.99. The molecule has 140 valence electrons. The molecule has 0 aromatic carbocycles. The zero-order chi connectivity index (χ0) is 18.4. The largest absolute Gasteiger partial charge is 0.378 e. The number of morpholine rings is 1. The van der Waals surface area contributed by atoms with Gasteiger partial charge in [0, 0.05) is 19.6 Å². The molecule has 0 saturated carbocycles. The Morgan fingerprint density at radius 3 is 2.92 bits per heavy atom. The lowest BCUT2D eigenvalue weighted by Gasteiger charge is -2.28. The van der Waals surface area contributed by atoms with Crippen molar-refractivity contribution in [3.05, 3.63) is 18.3 Å².